The van der Waals surface area contributed by atoms with E-state index in [1.807, 2.05) is 41.0 Å². The molecule has 2 heterocycles. The van der Waals surface area contributed by atoms with Crippen molar-refractivity contribution in [1.82, 2.24) is 4.57 Å². The highest BCUT2D eigenvalue weighted by molar-refractivity contribution is 7.99. The Balaban J connectivity index is 1.84. The van der Waals surface area contributed by atoms with E-state index in [1.165, 1.54) is 11.3 Å². The van der Waals surface area contributed by atoms with Crippen molar-refractivity contribution in [3.05, 3.63) is 46.8 Å². The van der Waals surface area contributed by atoms with Crippen molar-refractivity contribution in [3.8, 4) is 23.8 Å². The minimum absolute atomic E-state index is 0.272. The quantitative estimate of drug-likeness (QED) is 0.483. The van der Waals surface area contributed by atoms with E-state index < -0.39 is 0 Å². The SMILES string of the molecule is C#CCn1c(=NC(=O)c2ccccc2SCC)sc2cc3c(cc21)OCCO3. The molecule has 0 fully saturated rings. The van der Waals surface area contributed by atoms with Gasteiger partial charge in [-0.1, -0.05) is 36.3 Å². The molecule has 28 heavy (non-hydrogen) atoms. The monoisotopic (exact) mass is 410 g/mol. The van der Waals surface area contributed by atoms with Gasteiger partial charge in [0.25, 0.3) is 5.91 Å². The van der Waals surface area contributed by atoms with E-state index in [0.29, 0.717) is 41.6 Å². The summed E-state index contributed by atoms with van der Waals surface area (Å²) < 4.78 is 14.2. The van der Waals surface area contributed by atoms with Crippen molar-refractivity contribution in [2.45, 2.75) is 18.4 Å². The molecule has 0 saturated carbocycles. The molecule has 0 radical (unpaired) electrons. The lowest BCUT2D eigenvalue weighted by atomic mass is 10.2. The van der Waals surface area contributed by atoms with E-state index in [1.54, 1.807) is 11.8 Å². The second-order valence-corrected chi connectivity index (χ2v) is 8.30. The Kier molecular flexibility index (Phi) is 5.42. The van der Waals surface area contributed by atoms with Crippen LogP contribution in [-0.4, -0.2) is 29.4 Å². The largest absolute Gasteiger partial charge is 0.486 e. The lowest BCUT2D eigenvalue weighted by Crippen LogP contribution is -2.17. The predicted molar refractivity (Wildman–Crippen MR) is 112 cm³/mol. The van der Waals surface area contributed by atoms with Gasteiger partial charge in [0.1, 0.15) is 13.2 Å². The van der Waals surface area contributed by atoms with Crippen LogP contribution in [0.3, 0.4) is 0 Å². The number of fused-ring (bicyclic) bond motifs is 2. The fourth-order valence-electron chi connectivity index (χ4n) is 3.01. The van der Waals surface area contributed by atoms with Gasteiger partial charge in [0.05, 0.1) is 22.3 Å². The molecule has 2 aromatic carbocycles. The van der Waals surface area contributed by atoms with Crippen LogP contribution in [0.4, 0.5) is 0 Å². The Bertz CT molecular complexity index is 1150. The first-order valence-electron chi connectivity index (χ1n) is 8.88. The van der Waals surface area contributed by atoms with Crippen molar-refractivity contribution < 1.29 is 14.3 Å². The molecular weight excluding hydrogens is 392 g/mol. The third kappa shape index (κ3) is 3.53. The molecule has 0 N–H and O–H groups in total. The van der Waals surface area contributed by atoms with E-state index in [4.69, 9.17) is 15.9 Å². The molecule has 4 rings (SSSR count). The van der Waals surface area contributed by atoms with Gasteiger partial charge in [-0.2, -0.15) is 4.99 Å². The van der Waals surface area contributed by atoms with Gasteiger partial charge < -0.3 is 14.0 Å². The fraction of sp³-hybridized carbons (Fsp3) is 0.238. The lowest BCUT2D eigenvalue weighted by molar-refractivity contribution is 0.0995. The van der Waals surface area contributed by atoms with Gasteiger partial charge in [-0.15, -0.1) is 18.2 Å². The molecule has 7 heteroatoms. The van der Waals surface area contributed by atoms with E-state index in [9.17, 15) is 4.79 Å². The molecule has 142 valence electrons. The minimum atomic E-state index is -0.272. The summed E-state index contributed by atoms with van der Waals surface area (Å²) in [6.07, 6.45) is 5.57. The number of aromatic nitrogens is 1. The number of hydrogen-bond donors (Lipinski definition) is 0. The zero-order chi connectivity index (χ0) is 19.5. The first-order valence-corrected chi connectivity index (χ1v) is 10.7. The summed E-state index contributed by atoms with van der Waals surface area (Å²) >= 11 is 3.04. The molecule has 0 aliphatic carbocycles. The van der Waals surface area contributed by atoms with Crippen LogP contribution in [0.25, 0.3) is 10.2 Å². The minimum Gasteiger partial charge on any atom is -0.486 e. The number of carbonyl (C=O) groups excluding carboxylic acids is 1. The normalized spacial score (nSPS) is 13.5. The number of amides is 1. The van der Waals surface area contributed by atoms with Gasteiger partial charge in [-0.25, -0.2) is 0 Å². The van der Waals surface area contributed by atoms with E-state index in [2.05, 4.69) is 17.8 Å². The molecule has 1 aliphatic rings. The second kappa shape index (κ2) is 8.13. The summed E-state index contributed by atoms with van der Waals surface area (Å²) in [6.45, 7) is 3.41. The van der Waals surface area contributed by atoms with Gasteiger partial charge in [-0.3, -0.25) is 4.79 Å². The number of ether oxygens (including phenoxy) is 2. The maximum Gasteiger partial charge on any atom is 0.280 e. The van der Waals surface area contributed by atoms with Crippen LogP contribution in [0.1, 0.15) is 17.3 Å². The number of thiazole rings is 1. The van der Waals surface area contributed by atoms with Crippen molar-refractivity contribution in [2.75, 3.05) is 19.0 Å². The maximum absolute atomic E-state index is 12.9. The summed E-state index contributed by atoms with van der Waals surface area (Å²) in [4.78, 5) is 18.8. The van der Waals surface area contributed by atoms with Crippen LogP contribution < -0.4 is 14.3 Å². The average Bonchev–Trinajstić information content (AvgIpc) is 3.03. The first-order chi connectivity index (χ1) is 13.7. The van der Waals surface area contributed by atoms with Crippen molar-refractivity contribution in [1.29, 1.82) is 0 Å². The molecule has 0 spiro atoms. The summed E-state index contributed by atoms with van der Waals surface area (Å²) in [6, 6.07) is 11.4. The molecule has 0 bridgehead atoms. The summed E-state index contributed by atoms with van der Waals surface area (Å²) in [5.41, 5.74) is 1.49. The molecule has 5 nitrogen and oxygen atoms in total. The predicted octanol–water partition coefficient (Wildman–Crippen LogP) is 3.96. The van der Waals surface area contributed by atoms with Gasteiger partial charge in [0.15, 0.2) is 16.3 Å². The van der Waals surface area contributed by atoms with Crippen LogP contribution in [0.5, 0.6) is 11.5 Å². The van der Waals surface area contributed by atoms with Gasteiger partial charge in [-0.05, 0) is 17.9 Å². The lowest BCUT2D eigenvalue weighted by Gasteiger charge is -2.18. The third-order valence-electron chi connectivity index (χ3n) is 4.21. The van der Waals surface area contributed by atoms with Gasteiger partial charge >= 0.3 is 0 Å². The van der Waals surface area contributed by atoms with Crippen LogP contribution >= 0.6 is 23.1 Å². The van der Waals surface area contributed by atoms with Crippen LogP contribution in [0, 0.1) is 12.3 Å². The number of hydrogen-bond acceptors (Lipinski definition) is 5. The van der Waals surface area contributed by atoms with Gasteiger partial charge in [0.2, 0.25) is 0 Å². The summed E-state index contributed by atoms with van der Waals surface area (Å²) in [5.74, 6) is 4.65. The number of benzene rings is 2. The number of carbonyl (C=O) groups is 1. The number of terminal acetylenes is 1. The van der Waals surface area contributed by atoms with Crippen molar-refractivity contribution in [3.63, 3.8) is 0 Å². The van der Waals surface area contributed by atoms with Gasteiger partial charge in [0, 0.05) is 17.0 Å². The first kappa shape index (κ1) is 18.7. The molecular formula is C21H18N2O3S2. The zero-order valence-electron chi connectivity index (χ0n) is 15.3. The van der Waals surface area contributed by atoms with E-state index >= 15 is 0 Å². The van der Waals surface area contributed by atoms with Crippen molar-refractivity contribution >= 4 is 39.2 Å². The number of rotatable bonds is 4. The number of thioether (sulfide) groups is 1. The van der Waals surface area contributed by atoms with Crippen LogP contribution in [-0.2, 0) is 6.54 Å². The molecule has 3 aromatic rings. The maximum atomic E-state index is 12.9. The fourth-order valence-corrected chi connectivity index (χ4v) is 4.84. The molecule has 0 unspecified atom stereocenters. The van der Waals surface area contributed by atoms with Crippen LogP contribution in [0.15, 0.2) is 46.3 Å². The highest BCUT2D eigenvalue weighted by Gasteiger charge is 2.17. The second-order valence-electron chi connectivity index (χ2n) is 5.98. The van der Waals surface area contributed by atoms with Crippen molar-refractivity contribution in [2.24, 2.45) is 4.99 Å². The van der Waals surface area contributed by atoms with Crippen LogP contribution in [0.2, 0.25) is 0 Å². The van der Waals surface area contributed by atoms with E-state index in [-0.39, 0.29) is 5.91 Å². The molecule has 0 saturated heterocycles. The smallest absolute Gasteiger partial charge is 0.280 e. The molecule has 1 amide bonds. The third-order valence-corrected chi connectivity index (χ3v) is 6.21. The zero-order valence-corrected chi connectivity index (χ0v) is 16.9. The highest BCUT2D eigenvalue weighted by atomic mass is 32.2. The molecule has 1 aliphatic heterocycles. The average molecular weight is 411 g/mol. The number of nitrogens with zero attached hydrogens (tertiary/aromatic N) is 2. The Morgan fingerprint density at radius 2 is 2.04 bits per heavy atom. The molecule has 0 atom stereocenters. The standard InChI is InChI=1S/C21H18N2O3S2/c1-3-9-23-15-12-16-17(26-11-10-25-16)13-19(15)28-21(23)22-20(24)14-7-5-6-8-18(14)27-4-2/h1,5-8,12-13H,4,9-11H2,2H3. The Morgan fingerprint density at radius 3 is 2.79 bits per heavy atom. The Hall–Kier alpha value is -2.69. The summed E-state index contributed by atoms with van der Waals surface area (Å²) in [5, 5.41) is 0. The van der Waals surface area contributed by atoms with E-state index in [0.717, 1.165) is 20.9 Å². The molecule has 1 aromatic heterocycles. The summed E-state index contributed by atoms with van der Waals surface area (Å²) in [7, 11) is 0. The Labute approximate surface area is 171 Å². The highest BCUT2D eigenvalue weighted by Crippen LogP contribution is 2.35. The Morgan fingerprint density at radius 1 is 1.29 bits per heavy atom. The topological polar surface area (TPSA) is 52.8 Å².